The number of hydrogen-bond acceptors (Lipinski definition) is 9. The number of aromatic nitrogens is 2. The number of hydrogen-bond donors (Lipinski definition) is 2. The molecule has 0 aromatic carbocycles. The van der Waals surface area contributed by atoms with Gasteiger partial charge in [-0.05, 0) is 63.8 Å². The van der Waals surface area contributed by atoms with Gasteiger partial charge in [0.05, 0.1) is 44.9 Å². The van der Waals surface area contributed by atoms with E-state index in [0.717, 1.165) is 52.8 Å². The molecule has 3 aliphatic rings. The SMILES string of the molecule is C=N/C(=C\SCNc1ccc(C(=O)N2[C@@H]3CC[C@H]2CC(OC)C3)cn1)c1sc(C)nc1C.O=CNC1CC1(F)F. The summed E-state index contributed by atoms with van der Waals surface area (Å²) in [4.78, 5) is 38.7. The quantitative estimate of drug-likeness (QED) is 0.175. The number of carbonyl (C=O) groups excluding carboxylic acids is 2. The van der Waals surface area contributed by atoms with E-state index in [2.05, 4.69) is 31.9 Å². The minimum atomic E-state index is -2.62. The van der Waals surface area contributed by atoms with E-state index in [4.69, 9.17) is 4.74 Å². The standard InChI is InChI=1S/C23H29N5O2S2.C4H5F2NO/c1-14-22(32-15(2)27-14)20(24-3)12-31-13-26-21-8-5-16(11-25-21)23(29)28-17-6-7-18(28)10-19(9-17)30-4;5-4(6)1-3(4)7-2-8/h5,8,11-12,17-19H,3,6-7,9-10,13H2,1-2,4H3,(H,25,26);2-3H,1H2,(H,7,8)/b20-12-;/t17-,18+,19?;. The third-order valence-electron chi connectivity index (χ3n) is 7.20. The van der Waals surface area contributed by atoms with Crippen LogP contribution in [0, 0.1) is 13.8 Å². The lowest BCUT2D eigenvalue weighted by atomic mass is 9.99. The van der Waals surface area contributed by atoms with E-state index in [9.17, 15) is 18.4 Å². The molecule has 1 saturated carbocycles. The molecule has 2 unspecified atom stereocenters. The van der Waals surface area contributed by atoms with Crippen LogP contribution >= 0.6 is 23.1 Å². The number of methoxy groups -OCH3 is 1. The lowest BCUT2D eigenvalue weighted by Crippen LogP contribution is -2.48. The fourth-order valence-electron chi connectivity index (χ4n) is 5.07. The molecule has 0 spiro atoms. The van der Waals surface area contributed by atoms with Gasteiger partial charge in [-0.2, -0.15) is 0 Å². The number of amides is 2. The van der Waals surface area contributed by atoms with Crippen molar-refractivity contribution in [2.24, 2.45) is 4.99 Å². The molecule has 4 heterocycles. The Bertz CT molecular complexity index is 1230. The molecule has 2 bridgehead atoms. The molecule has 2 aromatic rings. The zero-order valence-electron chi connectivity index (χ0n) is 22.7. The average molecular weight is 593 g/mol. The van der Waals surface area contributed by atoms with Crippen LogP contribution < -0.4 is 10.6 Å². The number of anilines is 1. The molecule has 9 nitrogen and oxygen atoms in total. The summed E-state index contributed by atoms with van der Waals surface area (Å²) in [6, 6.07) is 3.40. The van der Waals surface area contributed by atoms with Crippen molar-refractivity contribution >= 4 is 53.6 Å². The van der Waals surface area contributed by atoms with Crippen molar-refractivity contribution in [3.63, 3.8) is 0 Å². The predicted octanol–water partition coefficient (Wildman–Crippen LogP) is 4.88. The summed E-state index contributed by atoms with van der Waals surface area (Å²) in [6.45, 7) is 7.66. The first-order valence-electron chi connectivity index (χ1n) is 13.0. The molecule has 3 fully saturated rings. The molecular weight excluding hydrogens is 558 g/mol. The normalized spacial score (nSPS) is 24.5. The number of aliphatic imine (C=N–C) groups is 1. The first-order chi connectivity index (χ1) is 19.2. The monoisotopic (exact) mass is 592 g/mol. The van der Waals surface area contributed by atoms with E-state index in [0.29, 0.717) is 17.9 Å². The highest BCUT2D eigenvalue weighted by atomic mass is 32.2. The molecule has 2 aliphatic heterocycles. The van der Waals surface area contributed by atoms with Crippen molar-refractivity contribution in [3.8, 4) is 0 Å². The van der Waals surface area contributed by atoms with E-state index in [1.165, 1.54) is 0 Å². The number of alkyl halides is 2. The highest BCUT2D eigenvalue weighted by Gasteiger charge is 2.57. The van der Waals surface area contributed by atoms with Crippen molar-refractivity contribution in [1.82, 2.24) is 20.2 Å². The van der Waals surface area contributed by atoms with Crippen LogP contribution in [0.2, 0.25) is 0 Å². The van der Waals surface area contributed by atoms with Crippen LogP contribution in [0.25, 0.3) is 5.70 Å². The third-order valence-corrected chi connectivity index (χ3v) is 9.00. The zero-order chi connectivity index (χ0) is 28.9. The number of fused-ring (bicyclic) bond motifs is 2. The summed E-state index contributed by atoms with van der Waals surface area (Å²) in [7, 11) is 1.77. The molecule has 2 saturated heterocycles. The van der Waals surface area contributed by atoms with E-state index < -0.39 is 12.0 Å². The van der Waals surface area contributed by atoms with Crippen molar-refractivity contribution in [3.05, 3.63) is 44.9 Å². The van der Waals surface area contributed by atoms with Gasteiger partial charge in [-0.15, -0.1) is 23.1 Å². The first-order valence-corrected chi connectivity index (χ1v) is 14.9. The van der Waals surface area contributed by atoms with Gasteiger partial charge in [0.2, 0.25) is 6.41 Å². The number of carbonyl (C=O) groups is 2. The van der Waals surface area contributed by atoms with Gasteiger partial charge in [0.1, 0.15) is 5.82 Å². The van der Waals surface area contributed by atoms with Crippen LogP contribution in [0.4, 0.5) is 14.6 Å². The lowest BCUT2D eigenvalue weighted by Gasteiger charge is -2.38. The Morgan fingerprint density at radius 3 is 2.50 bits per heavy atom. The zero-order valence-corrected chi connectivity index (χ0v) is 24.4. The number of rotatable bonds is 10. The minimum Gasteiger partial charge on any atom is -0.381 e. The molecule has 2 N–H and O–H groups in total. The van der Waals surface area contributed by atoms with Crippen LogP contribution in [0.5, 0.6) is 0 Å². The summed E-state index contributed by atoms with van der Waals surface area (Å²) in [6.07, 6.45) is 6.03. The molecule has 1 aliphatic carbocycles. The number of nitrogens with one attached hydrogen (secondary N) is 2. The second-order valence-electron chi connectivity index (χ2n) is 9.96. The molecule has 4 atom stereocenters. The lowest BCUT2D eigenvalue weighted by molar-refractivity contribution is -0.110. The fourth-order valence-corrected chi connectivity index (χ4v) is 6.71. The maximum atomic E-state index is 13.1. The number of halogens is 2. The number of piperidine rings is 1. The van der Waals surface area contributed by atoms with Crippen molar-refractivity contribution in [2.45, 2.75) is 76.1 Å². The largest absolute Gasteiger partial charge is 0.381 e. The van der Waals surface area contributed by atoms with Crippen LogP contribution in [-0.4, -0.2) is 77.0 Å². The Hall–Kier alpha value is -2.90. The second kappa shape index (κ2) is 13.2. The van der Waals surface area contributed by atoms with E-state index >= 15 is 0 Å². The van der Waals surface area contributed by atoms with Crippen molar-refractivity contribution in [1.29, 1.82) is 0 Å². The summed E-state index contributed by atoms with van der Waals surface area (Å²) in [5.74, 6) is -1.17. The Morgan fingerprint density at radius 2 is 2.02 bits per heavy atom. The summed E-state index contributed by atoms with van der Waals surface area (Å²) >= 11 is 3.20. The van der Waals surface area contributed by atoms with Crippen LogP contribution in [0.1, 0.15) is 58.0 Å². The van der Waals surface area contributed by atoms with Gasteiger partial charge in [0, 0.05) is 31.8 Å². The number of ether oxygens (including phenoxy) is 1. The molecule has 0 radical (unpaired) electrons. The average Bonchev–Trinajstić information content (AvgIpc) is 3.26. The Balaban J connectivity index is 0.000000398. The van der Waals surface area contributed by atoms with Gasteiger partial charge in [-0.25, -0.2) is 18.7 Å². The summed E-state index contributed by atoms with van der Waals surface area (Å²) in [5, 5.41) is 8.26. The Kier molecular flexibility index (Phi) is 9.90. The highest BCUT2D eigenvalue weighted by Crippen LogP contribution is 2.41. The van der Waals surface area contributed by atoms with Gasteiger partial charge in [0.15, 0.2) is 0 Å². The van der Waals surface area contributed by atoms with Gasteiger partial charge in [0.25, 0.3) is 11.8 Å². The molecule has 40 heavy (non-hydrogen) atoms. The molecule has 2 amide bonds. The summed E-state index contributed by atoms with van der Waals surface area (Å²) < 4.78 is 29.1. The van der Waals surface area contributed by atoms with E-state index in [1.807, 2.05) is 36.7 Å². The van der Waals surface area contributed by atoms with Crippen LogP contribution in [0.15, 0.2) is 28.7 Å². The molecule has 2 aromatic heterocycles. The number of thiazole rings is 1. The van der Waals surface area contributed by atoms with Crippen LogP contribution in [-0.2, 0) is 9.53 Å². The van der Waals surface area contributed by atoms with E-state index in [-0.39, 0.29) is 30.5 Å². The molecule has 216 valence electrons. The first kappa shape index (κ1) is 30.1. The van der Waals surface area contributed by atoms with Gasteiger partial charge in [-0.3, -0.25) is 14.6 Å². The Labute approximate surface area is 240 Å². The summed E-state index contributed by atoms with van der Waals surface area (Å²) in [5.41, 5.74) is 2.45. The van der Waals surface area contributed by atoms with Gasteiger partial charge >= 0.3 is 0 Å². The van der Waals surface area contributed by atoms with Gasteiger partial charge < -0.3 is 20.3 Å². The maximum absolute atomic E-state index is 13.1. The van der Waals surface area contributed by atoms with Crippen LogP contribution in [0.3, 0.4) is 0 Å². The number of nitrogens with zero attached hydrogens (tertiary/aromatic N) is 4. The number of pyridine rings is 1. The maximum Gasteiger partial charge on any atom is 0.270 e. The number of thioether (sulfide) groups is 1. The Morgan fingerprint density at radius 1 is 1.32 bits per heavy atom. The molecule has 5 rings (SSSR count). The molecular formula is C27H34F2N6O3S2. The second-order valence-corrected chi connectivity index (χ2v) is 12.0. The number of aryl methyl sites for hydroxylation is 2. The topological polar surface area (TPSA) is 109 Å². The smallest absolute Gasteiger partial charge is 0.270 e. The van der Waals surface area contributed by atoms with Gasteiger partial charge in [-0.1, -0.05) is 0 Å². The predicted molar refractivity (Wildman–Crippen MR) is 155 cm³/mol. The van der Waals surface area contributed by atoms with Crippen molar-refractivity contribution < 1.29 is 23.1 Å². The molecule has 13 heteroatoms. The minimum absolute atomic E-state index is 0.0836. The third kappa shape index (κ3) is 7.24. The fraction of sp³-hybridized carbons (Fsp3) is 0.519. The van der Waals surface area contributed by atoms with E-state index in [1.54, 1.807) is 36.4 Å². The van der Waals surface area contributed by atoms with Crippen molar-refractivity contribution in [2.75, 3.05) is 18.3 Å². The highest BCUT2D eigenvalue weighted by molar-refractivity contribution is 8.02.